The first kappa shape index (κ1) is 14.7. The SMILES string of the molecule is O=C(O)Cc1ccsc1.[NaH].[NaH]. The van der Waals surface area contributed by atoms with Crippen LogP contribution in [0.3, 0.4) is 0 Å². The Morgan fingerprint density at radius 2 is 2.18 bits per heavy atom. The van der Waals surface area contributed by atoms with Crippen LogP contribution < -0.4 is 0 Å². The summed E-state index contributed by atoms with van der Waals surface area (Å²) in [6.07, 6.45) is 0.142. The molecule has 2 nitrogen and oxygen atoms in total. The average Bonchev–Trinajstić information content (AvgIpc) is 2.15. The van der Waals surface area contributed by atoms with E-state index in [-0.39, 0.29) is 65.5 Å². The van der Waals surface area contributed by atoms with Crippen molar-refractivity contribution in [1.82, 2.24) is 0 Å². The van der Waals surface area contributed by atoms with Gasteiger partial charge in [-0.25, -0.2) is 0 Å². The number of carboxylic acids is 1. The Bertz CT molecular complexity index is 198. The summed E-state index contributed by atoms with van der Waals surface area (Å²) in [6, 6.07) is 1.82. The van der Waals surface area contributed by atoms with Gasteiger partial charge in [-0.3, -0.25) is 4.79 Å². The molecule has 0 bridgehead atoms. The molecule has 0 unspecified atom stereocenters. The van der Waals surface area contributed by atoms with Gasteiger partial charge in [0.15, 0.2) is 0 Å². The minimum absolute atomic E-state index is 0. The third kappa shape index (κ3) is 6.34. The molecule has 0 amide bonds. The Kier molecular flexibility index (Phi) is 10.4. The molecule has 0 aliphatic heterocycles. The summed E-state index contributed by atoms with van der Waals surface area (Å²) in [5, 5.41) is 12.0. The van der Waals surface area contributed by atoms with Crippen LogP contribution in [-0.4, -0.2) is 70.2 Å². The van der Waals surface area contributed by atoms with Gasteiger partial charge >= 0.3 is 65.1 Å². The minimum atomic E-state index is -0.770. The van der Waals surface area contributed by atoms with Crippen LogP contribution in [-0.2, 0) is 11.2 Å². The zero-order chi connectivity index (χ0) is 6.69. The van der Waals surface area contributed by atoms with Gasteiger partial charge in [0.1, 0.15) is 0 Å². The Balaban J connectivity index is 0. The summed E-state index contributed by atoms with van der Waals surface area (Å²) >= 11 is 1.52. The fourth-order valence-electron chi connectivity index (χ4n) is 0.568. The van der Waals surface area contributed by atoms with Crippen LogP contribution in [0.25, 0.3) is 0 Å². The molecule has 0 aromatic carbocycles. The third-order valence-corrected chi connectivity index (χ3v) is 1.67. The Hall–Kier alpha value is 1.17. The fraction of sp³-hybridized carbons (Fsp3) is 0.167. The summed E-state index contributed by atoms with van der Waals surface area (Å²) in [5.74, 6) is -0.770. The van der Waals surface area contributed by atoms with Crippen molar-refractivity contribution in [1.29, 1.82) is 0 Å². The maximum absolute atomic E-state index is 10.1. The fourth-order valence-corrected chi connectivity index (χ4v) is 1.24. The van der Waals surface area contributed by atoms with E-state index in [9.17, 15) is 4.79 Å². The van der Waals surface area contributed by atoms with Crippen molar-refractivity contribution in [3.8, 4) is 0 Å². The zero-order valence-corrected chi connectivity index (χ0v) is 5.52. The summed E-state index contributed by atoms with van der Waals surface area (Å²) < 4.78 is 0. The van der Waals surface area contributed by atoms with Gasteiger partial charge in [-0.15, -0.1) is 0 Å². The van der Waals surface area contributed by atoms with Crippen LogP contribution in [0.2, 0.25) is 0 Å². The first-order chi connectivity index (χ1) is 4.29. The topological polar surface area (TPSA) is 37.3 Å². The van der Waals surface area contributed by atoms with E-state index in [2.05, 4.69) is 0 Å². The number of hydrogen-bond donors (Lipinski definition) is 1. The number of rotatable bonds is 2. The van der Waals surface area contributed by atoms with E-state index in [1.807, 2.05) is 16.8 Å². The molecule has 5 heteroatoms. The molecule has 0 aliphatic rings. The van der Waals surface area contributed by atoms with Crippen LogP contribution in [0.4, 0.5) is 0 Å². The molecule has 0 saturated heterocycles. The molecular formula is C6H8Na2O2S. The predicted octanol–water partition coefficient (Wildman–Crippen LogP) is 0.0782. The standard InChI is InChI=1S/C6H6O2S.2Na.2H/c7-6(8)3-5-1-2-9-4-5;;;;/h1-2,4H,3H2,(H,7,8);;;;. The molecule has 52 valence electrons. The second-order valence-electron chi connectivity index (χ2n) is 1.70. The molecule has 1 rings (SSSR count). The number of carboxylic acid groups (broad SMARTS) is 1. The normalized spacial score (nSPS) is 7.64. The molecular weight excluding hydrogens is 182 g/mol. The van der Waals surface area contributed by atoms with Crippen molar-refractivity contribution in [2.24, 2.45) is 0 Å². The number of aliphatic carboxylic acids is 1. The Labute approximate surface area is 114 Å². The van der Waals surface area contributed by atoms with Gasteiger partial charge in [-0.05, 0) is 22.4 Å². The van der Waals surface area contributed by atoms with E-state index < -0.39 is 5.97 Å². The van der Waals surface area contributed by atoms with Crippen LogP contribution in [0, 0.1) is 0 Å². The number of thiophene rings is 1. The number of hydrogen-bond acceptors (Lipinski definition) is 2. The molecule has 11 heavy (non-hydrogen) atoms. The first-order valence-electron chi connectivity index (χ1n) is 2.52. The van der Waals surface area contributed by atoms with Crippen LogP contribution in [0.5, 0.6) is 0 Å². The quantitative estimate of drug-likeness (QED) is 0.670. The van der Waals surface area contributed by atoms with Crippen LogP contribution in [0.15, 0.2) is 16.8 Å². The van der Waals surface area contributed by atoms with E-state index in [0.29, 0.717) is 0 Å². The van der Waals surface area contributed by atoms with Gasteiger partial charge in [0.2, 0.25) is 0 Å². The predicted molar refractivity (Wildman–Crippen MR) is 50.0 cm³/mol. The van der Waals surface area contributed by atoms with Crippen molar-refractivity contribution >= 4 is 76.4 Å². The van der Waals surface area contributed by atoms with Crippen molar-refractivity contribution in [3.63, 3.8) is 0 Å². The molecule has 1 heterocycles. The summed E-state index contributed by atoms with van der Waals surface area (Å²) in [4.78, 5) is 10.1. The van der Waals surface area contributed by atoms with E-state index in [4.69, 9.17) is 5.11 Å². The molecule has 0 atom stereocenters. The molecule has 0 spiro atoms. The number of carbonyl (C=O) groups is 1. The maximum atomic E-state index is 10.1. The van der Waals surface area contributed by atoms with Crippen molar-refractivity contribution < 1.29 is 9.90 Å². The van der Waals surface area contributed by atoms with Crippen LogP contribution >= 0.6 is 11.3 Å². The van der Waals surface area contributed by atoms with Gasteiger partial charge in [0.05, 0.1) is 6.42 Å². The zero-order valence-electron chi connectivity index (χ0n) is 4.70. The molecule has 1 N–H and O–H groups in total. The van der Waals surface area contributed by atoms with E-state index in [0.717, 1.165) is 5.56 Å². The third-order valence-electron chi connectivity index (χ3n) is 0.935. The van der Waals surface area contributed by atoms with Gasteiger partial charge < -0.3 is 5.11 Å². The molecule has 0 aliphatic carbocycles. The van der Waals surface area contributed by atoms with Gasteiger partial charge in [-0.2, -0.15) is 11.3 Å². The summed E-state index contributed by atoms with van der Waals surface area (Å²) in [7, 11) is 0. The van der Waals surface area contributed by atoms with Gasteiger partial charge in [0.25, 0.3) is 0 Å². The molecule has 0 radical (unpaired) electrons. The van der Waals surface area contributed by atoms with E-state index in [1.165, 1.54) is 11.3 Å². The van der Waals surface area contributed by atoms with Crippen molar-refractivity contribution in [3.05, 3.63) is 22.4 Å². The van der Waals surface area contributed by atoms with Crippen LogP contribution in [0.1, 0.15) is 5.56 Å². The monoisotopic (exact) mass is 190 g/mol. The van der Waals surface area contributed by atoms with Crippen molar-refractivity contribution in [2.45, 2.75) is 6.42 Å². The second kappa shape index (κ2) is 7.80. The summed E-state index contributed by atoms with van der Waals surface area (Å²) in [6.45, 7) is 0. The molecule has 1 aromatic rings. The second-order valence-corrected chi connectivity index (χ2v) is 2.48. The van der Waals surface area contributed by atoms with Crippen molar-refractivity contribution in [2.75, 3.05) is 0 Å². The first-order valence-corrected chi connectivity index (χ1v) is 3.46. The van der Waals surface area contributed by atoms with Gasteiger partial charge in [-0.1, -0.05) is 0 Å². The van der Waals surface area contributed by atoms with Gasteiger partial charge in [0, 0.05) is 0 Å². The van der Waals surface area contributed by atoms with E-state index >= 15 is 0 Å². The molecule has 1 aromatic heterocycles. The summed E-state index contributed by atoms with van der Waals surface area (Å²) in [5.41, 5.74) is 0.882. The van der Waals surface area contributed by atoms with E-state index in [1.54, 1.807) is 0 Å². The average molecular weight is 190 g/mol. The molecule has 0 saturated carbocycles. The molecule has 0 fully saturated rings. The Morgan fingerprint density at radius 3 is 2.55 bits per heavy atom. The Morgan fingerprint density at radius 1 is 1.55 bits per heavy atom.